The minimum Gasteiger partial charge on any atom is -0.461 e. The molecule has 0 aliphatic carbocycles. The van der Waals surface area contributed by atoms with Gasteiger partial charge in [-0.1, -0.05) is 0 Å². The Morgan fingerprint density at radius 1 is 1.64 bits per heavy atom. The summed E-state index contributed by atoms with van der Waals surface area (Å²) in [4.78, 5) is 3.62. The second-order valence-corrected chi connectivity index (χ2v) is 2.72. The molecule has 0 aliphatic heterocycles. The summed E-state index contributed by atoms with van der Waals surface area (Å²) in [5.74, 6) is -0.401. The number of pyridine rings is 1. The van der Waals surface area contributed by atoms with Gasteiger partial charge in [-0.15, -0.1) is 0 Å². The van der Waals surface area contributed by atoms with E-state index in [-0.39, 0.29) is 9.45 Å². The van der Waals surface area contributed by atoms with E-state index in [1.807, 2.05) is 0 Å². The molecular weight excluding hydrogens is 267 g/mol. The summed E-state index contributed by atoms with van der Waals surface area (Å²) in [7, 11) is 0. The molecule has 0 atom stereocenters. The van der Waals surface area contributed by atoms with Gasteiger partial charge in [-0.25, -0.2) is 13.8 Å². The van der Waals surface area contributed by atoms with Crippen LogP contribution in [0, 0.1) is 9.52 Å². The van der Waals surface area contributed by atoms with Crippen molar-refractivity contribution in [1.29, 1.82) is 0 Å². The number of alkyl halides is 1. The van der Waals surface area contributed by atoms with Crippen molar-refractivity contribution in [3.63, 3.8) is 0 Å². The molecular formula is C6H4F2INO. The third-order valence-corrected chi connectivity index (χ3v) is 1.79. The van der Waals surface area contributed by atoms with Gasteiger partial charge < -0.3 is 4.74 Å². The van der Waals surface area contributed by atoms with Crippen LogP contribution >= 0.6 is 22.6 Å². The fourth-order valence-electron chi connectivity index (χ4n) is 0.546. The van der Waals surface area contributed by atoms with E-state index in [0.717, 1.165) is 6.07 Å². The number of halogens is 3. The Balaban J connectivity index is 2.86. The summed E-state index contributed by atoms with van der Waals surface area (Å²) in [6.07, 6.45) is 1.27. The monoisotopic (exact) mass is 271 g/mol. The predicted molar refractivity (Wildman–Crippen MR) is 43.5 cm³/mol. The molecule has 0 amide bonds. The fraction of sp³-hybridized carbons (Fsp3) is 0.167. The fourth-order valence-corrected chi connectivity index (χ4v) is 0.841. The average Bonchev–Trinajstić information content (AvgIpc) is 1.98. The van der Waals surface area contributed by atoms with E-state index >= 15 is 0 Å². The minimum absolute atomic E-state index is 0.102. The van der Waals surface area contributed by atoms with Crippen molar-refractivity contribution in [2.75, 3.05) is 6.86 Å². The number of hydrogen-bond donors (Lipinski definition) is 0. The predicted octanol–water partition coefficient (Wildman–Crippen LogP) is 2.13. The van der Waals surface area contributed by atoms with Crippen molar-refractivity contribution >= 4 is 22.6 Å². The Bertz CT molecular complexity index is 256. The molecule has 0 saturated heterocycles. The van der Waals surface area contributed by atoms with Crippen LogP contribution in [0.15, 0.2) is 12.3 Å². The molecule has 0 saturated carbocycles. The largest absolute Gasteiger partial charge is 0.461 e. The Kier molecular flexibility index (Phi) is 2.98. The van der Waals surface area contributed by atoms with E-state index in [0.29, 0.717) is 0 Å². The van der Waals surface area contributed by atoms with Crippen molar-refractivity contribution in [3.8, 4) is 5.75 Å². The summed E-state index contributed by atoms with van der Waals surface area (Å²) < 4.78 is 28.8. The van der Waals surface area contributed by atoms with Gasteiger partial charge in [0.2, 0.25) is 6.86 Å². The highest BCUT2D eigenvalue weighted by atomic mass is 127. The maximum atomic E-state index is 12.6. The van der Waals surface area contributed by atoms with Crippen LogP contribution in [0.4, 0.5) is 8.78 Å². The van der Waals surface area contributed by atoms with Gasteiger partial charge in [0, 0.05) is 6.07 Å². The SMILES string of the molecule is FCOc1cnc(I)c(F)c1. The van der Waals surface area contributed by atoms with E-state index in [4.69, 9.17) is 0 Å². The molecule has 0 radical (unpaired) electrons. The van der Waals surface area contributed by atoms with E-state index in [2.05, 4.69) is 9.72 Å². The first kappa shape index (κ1) is 8.63. The second kappa shape index (κ2) is 3.80. The number of hydrogen-bond acceptors (Lipinski definition) is 2. The third kappa shape index (κ3) is 2.25. The lowest BCUT2D eigenvalue weighted by molar-refractivity contribution is 0.190. The van der Waals surface area contributed by atoms with Crippen LogP contribution in [0.2, 0.25) is 0 Å². The first-order chi connectivity index (χ1) is 5.24. The minimum atomic E-state index is -0.971. The lowest BCUT2D eigenvalue weighted by Gasteiger charge is -1.99. The van der Waals surface area contributed by atoms with E-state index < -0.39 is 12.7 Å². The summed E-state index contributed by atoms with van der Waals surface area (Å²) in [5.41, 5.74) is 0. The van der Waals surface area contributed by atoms with Crippen molar-refractivity contribution < 1.29 is 13.5 Å². The lowest BCUT2D eigenvalue weighted by Crippen LogP contribution is -1.93. The highest BCUT2D eigenvalue weighted by Gasteiger charge is 2.01. The molecule has 1 aromatic rings. The van der Waals surface area contributed by atoms with Gasteiger partial charge >= 0.3 is 0 Å². The molecule has 0 N–H and O–H groups in total. The molecule has 5 heteroatoms. The second-order valence-electron chi connectivity index (χ2n) is 1.70. The molecule has 0 aromatic carbocycles. The van der Waals surface area contributed by atoms with Crippen LogP contribution in [0.5, 0.6) is 5.75 Å². The average molecular weight is 271 g/mol. The van der Waals surface area contributed by atoms with Crippen LogP contribution in [0.3, 0.4) is 0 Å². The van der Waals surface area contributed by atoms with Crippen molar-refractivity contribution in [1.82, 2.24) is 4.98 Å². The Hall–Kier alpha value is -0.460. The molecule has 0 aliphatic rings. The smallest absolute Gasteiger partial charge is 0.228 e. The summed E-state index contributed by atoms with van der Waals surface area (Å²) in [6, 6.07) is 1.09. The van der Waals surface area contributed by atoms with Crippen molar-refractivity contribution in [2.45, 2.75) is 0 Å². The number of ether oxygens (including phenoxy) is 1. The van der Waals surface area contributed by atoms with Gasteiger partial charge in [-0.2, -0.15) is 0 Å². The zero-order valence-corrected chi connectivity index (χ0v) is 7.51. The highest BCUT2D eigenvalue weighted by molar-refractivity contribution is 14.1. The van der Waals surface area contributed by atoms with Crippen LogP contribution in [0.25, 0.3) is 0 Å². The van der Waals surface area contributed by atoms with Gasteiger partial charge in [-0.05, 0) is 22.6 Å². The Morgan fingerprint density at radius 2 is 2.36 bits per heavy atom. The molecule has 0 fully saturated rings. The van der Waals surface area contributed by atoms with Crippen LogP contribution < -0.4 is 4.74 Å². The van der Waals surface area contributed by atoms with Gasteiger partial charge in [-0.3, -0.25) is 0 Å². The third-order valence-electron chi connectivity index (χ3n) is 0.992. The normalized spacial score (nSPS) is 9.73. The summed E-state index contributed by atoms with van der Waals surface area (Å²) >= 11 is 1.73. The topological polar surface area (TPSA) is 22.1 Å². The van der Waals surface area contributed by atoms with Crippen LogP contribution in [-0.4, -0.2) is 11.8 Å². The van der Waals surface area contributed by atoms with E-state index in [1.165, 1.54) is 6.20 Å². The first-order valence-corrected chi connectivity index (χ1v) is 3.81. The van der Waals surface area contributed by atoms with E-state index in [1.54, 1.807) is 22.6 Å². The molecule has 1 rings (SSSR count). The molecule has 60 valence electrons. The molecule has 11 heavy (non-hydrogen) atoms. The van der Waals surface area contributed by atoms with Gasteiger partial charge in [0.15, 0.2) is 5.82 Å². The summed E-state index contributed by atoms with van der Waals surface area (Å²) in [6.45, 7) is -0.971. The zero-order chi connectivity index (χ0) is 8.27. The zero-order valence-electron chi connectivity index (χ0n) is 5.35. The highest BCUT2D eigenvalue weighted by Crippen LogP contribution is 2.14. The van der Waals surface area contributed by atoms with Crippen LogP contribution in [0.1, 0.15) is 0 Å². The number of nitrogens with zero attached hydrogens (tertiary/aromatic N) is 1. The van der Waals surface area contributed by atoms with Crippen LogP contribution in [-0.2, 0) is 0 Å². The number of rotatable bonds is 2. The number of aromatic nitrogens is 1. The Labute approximate surface area is 75.7 Å². The Morgan fingerprint density at radius 3 is 2.91 bits per heavy atom. The van der Waals surface area contributed by atoms with Crippen molar-refractivity contribution in [3.05, 3.63) is 21.8 Å². The molecule has 0 unspecified atom stereocenters. The van der Waals surface area contributed by atoms with Gasteiger partial charge in [0.1, 0.15) is 9.45 Å². The standard InChI is InChI=1S/C6H4F2INO/c7-3-11-4-1-5(8)6(9)10-2-4/h1-2H,3H2. The molecule has 2 nitrogen and oxygen atoms in total. The maximum absolute atomic E-state index is 12.6. The van der Waals surface area contributed by atoms with Crippen molar-refractivity contribution in [2.24, 2.45) is 0 Å². The molecule has 0 spiro atoms. The molecule has 1 heterocycles. The first-order valence-electron chi connectivity index (χ1n) is 2.74. The molecule has 1 aromatic heterocycles. The lowest BCUT2D eigenvalue weighted by atomic mass is 10.4. The van der Waals surface area contributed by atoms with Gasteiger partial charge in [0.05, 0.1) is 6.20 Å². The quantitative estimate of drug-likeness (QED) is 0.607. The van der Waals surface area contributed by atoms with E-state index in [9.17, 15) is 8.78 Å². The maximum Gasteiger partial charge on any atom is 0.228 e. The molecule has 0 bridgehead atoms. The summed E-state index contributed by atoms with van der Waals surface area (Å²) in [5, 5.41) is 0. The van der Waals surface area contributed by atoms with Gasteiger partial charge in [0.25, 0.3) is 0 Å².